The standard InChI is InChI=1S/C54H36N4/c1-7-19-49-43(13-1)44-14-2-8-20-50(44)56(49)40-31-25-37(26-32-40)55(38-27-33-41(34-28-38)57-51-21-9-3-15-45(51)46-16-4-10-22-52(46)57)39-29-35-42(36-30-39)58-53-23-11-5-17-47(53)48-18-6-12-24-54(48)58/h1-36H/i25D,26D,27D,28D,29D,30D,31D,32D,33D,34D,35D,36D. The van der Waals surface area contributed by atoms with Crippen LogP contribution >= 0.6 is 0 Å². The fraction of sp³-hybridized carbons (Fsp3) is 0. The highest BCUT2D eigenvalue weighted by Crippen LogP contribution is 2.40. The minimum absolute atomic E-state index is 0.112. The molecule has 0 radical (unpaired) electrons. The van der Waals surface area contributed by atoms with Gasteiger partial charge in [-0.05, 0) is 109 Å². The van der Waals surface area contributed by atoms with Gasteiger partial charge in [-0.1, -0.05) is 109 Å². The van der Waals surface area contributed by atoms with Crippen molar-refractivity contribution < 1.29 is 16.4 Å². The van der Waals surface area contributed by atoms with Gasteiger partial charge in [-0.15, -0.1) is 0 Å². The van der Waals surface area contributed by atoms with Crippen LogP contribution in [0, 0.1) is 0 Å². The number of aromatic nitrogens is 3. The van der Waals surface area contributed by atoms with Gasteiger partial charge in [0.05, 0.1) is 49.5 Å². The summed E-state index contributed by atoms with van der Waals surface area (Å²) in [6.07, 6.45) is 0. The Morgan fingerprint density at radius 3 is 0.655 bits per heavy atom. The number of hydrogen-bond acceptors (Lipinski definition) is 1. The Hall–Kier alpha value is -7.82. The van der Waals surface area contributed by atoms with Crippen LogP contribution in [0.1, 0.15) is 16.4 Å². The maximum Gasteiger partial charge on any atom is 0.0646 e. The molecule has 9 aromatic carbocycles. The highest BCUT2D eigenvalue weighted by Gasteiger charge is 2.18. The number of nitrogens with zero attached hydrogens (tertiary/aromatic N) is 4. The van der Waals surface area contributed by atoms with Crippen LogP contribution in [0.4, 0.5) is 17.1 Å². The number of benzene rings is 9. The number of fused-ring (bicyclic) bond motifs is 9. The molecular weight excluding hydrogens is 705 g/mol. The summed E-state index contributed by atoms with van der Waals surface area (Å²) in [5.41, 5.74) is 1.49. The minimum Gasteiger partial charge on any atom is -0.310 e. The quantitative estimate of drug-likeness (QED) is 0.165. The van der Waals surface area contributed by atoms with Crippen molar-refractivity contribution in [3.05, 3.63) is 218 Å². The fourth-order valence-corrected chi connectivity index (χ4v) is 8.39. The van der Waals surface area contributed by atoms with Gasteiger partial charge in [0, 0.05) is 66.4 Å². The Morgan fingerprint density at radius 2 is 0.448 bits per heavy atom. The monoisotopic (exact) mass is 752 g/mol. The molecule has 0 amide bonds. The highest BCUT2D eigenvalue weighted by atomic mass is 15.1. The Labute approximate surface area is 352 Å². The molecule has 0 atom stereocenters. The molecule has 12 rings (SSSR count). The highest BCUT2D eigenvalue weighted by molar-refractivity contribution is 6.11. The van der Waals surface area contributed by atoms with Crippen molar-refractivity contribution in [2.45, 2.75) is 0 Å². The molecule has 3 heterocycles. The summed E-state index contributed by atoms with van der Waals surface area (Å²) in [6, 6.07) is 36.9. The molecule has 0 unspecified atom stereocenters. The number of rotatable bonds is 6. The Balaban J connectivity index is 1.19. The molecule has 4 nitrogen and oxygen atoms in total. The van der Waals surface area contributed by atoms with Crippen molar-refractivity contribution in [2.24, 2.45) is 0 Å². The predicted molar refractivity (Wildman–Crippen MR) is 244 cm³/mol. The van der Waals surface area contributed by atoms with Crippen LogP contribution in [-0.4, -0.2) is 13.7 Å². The third kappa shape index (κ3) is 4.88. The third-order valence-corrected chi connectivity index (χ3v) is 10.9. The van der Waals surface area contributed by atoms with Gasteiger partial charge in [-0.25, -0.2) is 0 Å². The van der Waals surface area contributed by atoms with Crippen LogP contribution in [0.5, 0.6) is 0 Å². The zero-order chi connectivity index (χ0) is 48.6. The van der Waals surface area contributed by atoms with E-state index in [0.717, 1.165) is 37.2 Å². The van der Waals surface area contributed by atoms with Crippen LogP contribution in [0.3, 0.4) is 0 Å². The smallest absolute Gasteiger partial charge is 0.0646 e. The normalized spacial score (nSPS) is 14.7. The zero-order valence-electron chi connectivity index (χ0n) is 42.6. The molecule has 0 saturated carbocycles. The van der Waals surface area contributed by atoms with E-state index in [1.165, 1.54) is 0 Å². The minimum atomic E-state index is -0.690. The lowest BCUT2D eigenvalue weighted by Crippen LogP contribution is -2.10. The van der Waals surface area contributed by atoms with Crippen LogP contribution in [0.25, 0.3) is 82.5 Å². The second kappa shape index (κ2) is 12.9. The summed E-state index contributed by atoms with van der Waals surface area (Å²) >= 11 is 0. The van der Waals surface area contributed by atoms with Gasteiger partial charge in [0.1, 0.15) is 0 Å². The van der Waals surface area contributed by atoms with Gasteiger partial charge < -0.3 is 18.6 Å². The summed E-state index contributed by atoms with van der Waals surface area (Å²) in [4.78, 5) is 0.864. The Kier molecular flexibility index (Phi) is 5.03. The first-order valence-corrected chi connectivity index (χ1v) is 18.9. The largest absolute Gasteiger partial charge is 0.310 e. The van der Waals surface area contributed by atoms with E-state index in [1.807, 2.05) is 109 Å². The fourth-order valence-electron chi connectivity index (χ4n) is 8.39. The van der Waals surface area contributed by atoms with E-state index in [4.69, 9.17) is 0 Å². The number of anilines is 3. The molecule has 0 saturated heterocycles. The number of para-hydroxylation sites is 6. The van der Waals surface area contributed by atoms with Crippen molar-refractivity contribution in [2.75, 3.05) is 4.90 Å². The lowest BCUT2D eigenvalue weighted by molar-refractivity contribution is 1.16. The van der Waals surface area contributed by atoms with Crippen molar-refractivity contribution in [3.63, 3.8) is 0 Å². The summed E-state index contributed by atoms with van der Waals surface area (Å²) in [5.74, 6) is 0. The molecule has 58 heavy (non-hydrogen) atoms. The van der Waals surface area contributed by atoms with E-state index in [-0.39, 0.29) is 17.1 Å². The third-order valence-electron chi connectivity index (χ3n) is 10.9. The summed E-state index contributed by atoms with van der Waals surface area (Å²) in [7, 11) is 0. The van der Waals surface area contributed by atoms with Crippen LogP contribution in [-0.2, 0) is 0 Å². The van der Waals surface area contributed by atoms with Crippen molar-refractivity contribution in [3.8, 4) is 17.1 Å². The van der Waals surface area contributed by atoms with E-state index >= 15 is 0 Å². The summed E-state index contributed by atoms with van der Waals surface area (Å²) < 4.78 is 122. The maximum atomic E-state index is 9.80. The van der Waals surface area contributed by atoms with Gasteiger partial charge >= 0.3 is 0 Å². The van der Waals surface area contributed by atoms with Crippen molar-refractivity contribution >= 4 is 82.5 Å². The van der Waals surface area contributed by atoms with E-state index in [2.05, 4.69) is 0 Å². The van der Waals surface area contributed by atoms with E-state index in [0.29, 0.717) is 33.1 Å². The average Bonchev–Trinajstić information content (AvgIpc) is 4.01. The Bertz CT molecular complexity index is 3570. The molecule has 0 aliphatic heterocycles. The number of hydrogen-bond donors (Lipinski definition) is 0. The van der Waals surface area contributed by atoms with Crippen molar-refractivity contribution in [1.82, 2.24) is 13.7 Å². The molecule has 0 spiro atoms. The van der Waals surface area contributed by atoms with Gasteiger partial charge in [0.15, 0.2) is 0 Å². The second-order valence-electron chi connectivity index (χ2n) is 14.0. The Morgan fingerprint density at radius 1 is 0.259 bits per heavy atom. The van der Waals surface area contributed by atoms with Crippen LogP contribution in [0.2, 0.25) is 0 Å². The summed E-state index contributed by atoms with van der Waals surface area (Å²) in [5, 5.41) is 4.83. The van der Waals surface area contributed by atoms with Crippen LogP contribution < -0.4 is 4.90 Å². The maximum absolute atomic E-state index is 9.80. The lowest BCUT2D eigenvalue weighted by Gasteiger charge is -2.26. The van der Waals surface area contributed by atoms with Gasteiger partial charge in [0.25, 0.3) is 0 Å². The summed E-state index contributed by atoms with van der Waals surface area (Å²) in [6.45, 7) is 0. The van der Waals surface area contributed by atoms with Crippen LogP contribution in [0.15, 0.2) is 218 Å². The molecule has 0 N–H and O–H groups in total. The molecule has 0 aliphatic rings. The molecular formula is C54H36N4. The van der Waals surface area contributed by atoms with Gasteiger partial charge in [-0.3, -0.25) is 0 Å². The molecule has 3 aromatic heterocycles. The predicted octanol–water partition coefficient (Wildman–Crippen LogP) is 14.4. The average molecular weight is 753 g/mol. The first-order valence-electron chi connectivity index (χ1n) is 24.9. The lowest BCUT2D eigenvalue weighted by atomic mass is 10.1. The molecule has 0 aliphatic carbocycles. The second-order valence-corrected chi connectivity index (χ2v) is 14.0. The van der Waals surface area contributed by atoms with E-state index < -0.39 is 89.6 Å². The van der Waals surface area contributed by atoms with Gasteiger partial charge in [-0.2, -0.15) is 0 Å². The van der Waals surface area contributed by atoms with Gasteiger partial charge in [0.2, 0.25) is 0 Å². The molecule has 4 heteroatoms. The molecule has 0 fully saturated rings. The molecule has 0 bridgehead atoms. The first-order chi connectivity index (χ1) is 33.8. The first kappa shape index (κ1) is 22.7. The topological polar surface area (TPSA) is 18.0 Å². The zero-order valence-corrected chi connectivity index (χ0v) is 30.6. The van der Waals surface area contributed by atoms with E-state index in [1.54, 1.807) is 50.1 Å². The van der Waals surface area contributed by atoms with Crippen molar-refractivity contribution in [1.29, 1.82) is 0 Å². The SMILES string of the molecule is [2H]c1c([2H])c(-n2c3ccccc3c3ccccc32)c([2H])c([2H])c1N(c1c([2H])c([2H])c(-n2c3ccccc3c3ccccc32)c([2H])c1[2H])c1c([2H])c([2H])c(-n2c3ccccc3c3ccccc32)c([2H])c1[2H]. The van der Waals surface area contributed by atoms with E-state index in [9.17, 15) is 16.4 Å². The molecule has 272 valence electrons. The molecule has 12 aromatic rings.